The molecule has 112 valence electrons. The zero-order chi connectivity index (χ0) is 15.6. The van der Waals surface area contributed by atoms with Crippen molar-refractivity contribution in [2.24, 2.45) is 0 Å². The van der Waals surface area contributed by atoms with Gasteiger partial charge in [0, 0.05) is 12.1 Å². The van der Waals surface area contributed by atoms with E-state index in [2.05, 4.69) is 15.3 Å². The topological polar surface area (TPSA) is 37.8 Å². The largest absolute Gasteiger partial charge is 0.433 e. The van der Waals surface area contributed by atoms with Gasteiger partial charge in [0.25, 0.3) is 0 Å². The Labute approximate surface area is 119 Å². The highest BCUT2D eigenvalue weighted by Crippen LogP contribution is 2.31. The van der Waals surface area contributed by atoms with Gasteiger partial charge in [0.2, 0.25) is 5.95 Å². The van der Waals surface area contributed by atoms with Gasteiger partial charge in [-0.1, -0.05) is 0 Å². The highest BCUT2D eigenvalue weighted by molar-refractivity contribution is 5.62. The van der Waals surface area contributed by atoms with Crippen LogP contribution >= 0.6 is 0 Å². The number of hydrogen-bond acceptors (Lipinski definition) is 3. The summed E-state index contributed by atoms with van der Waals surface area (Å²) < 4.78 is 52.0. The van der Waals surface area contributed by atoms with Crippen LogP contribution in [0.1, 0.15) is 18.2 Å². The molecule has 0 atom stereocenters. The molecule has 3 nitrogen and oxygen atoms in total. The number of nitrogens with one attached hydrogen (secondary N) is 1. The summed E-state index contributed by atoms with van der Waals surface area (Å²) in [7, 11) is 0. The van der Waals surface area contributed by atoms with Crippen LogP contribution in [0, 0.1) is 12.7 Å². The van der Waals surface area contributed by atoms with Crippen LogP contribution in [0.4, 0.5) is 23.5 Å². The van der Waals surface area contributed by atoms with Gasteiger partial charge in [-0.25, -0.2) is 14.4 Å². The molecule has 0 bridgehead atoms. The smallest absolute Gasteiger partial charge is 0.354 e. The Hall–Kier alpha value is -2.18. The molecule has 0 radical (unpaired) electrons. The molecule has 0 spiro atoms. The summed E-state index contributed by atoms with van der Waals surface area (Å²) in [4.78, 5) is 7.42. The van der Waals surface area contributed by atoms with Crippen molar-refractivity contribution in [3.8, 4) is 11.3 Å². The van der Waals surface area contributed by atoms with Crippen LogP contribution in [0.3, 0.4) is 0 Å². The number of halogens is 4. The molecule has 21 heavy (non-hydrogen) atoms. The van der Waals surface area contributed by atoms with Crippen LogP contribution in [0.5, 0.6) is 0 Å². The second-order valence-electron chi connectivity index (χ2n) is 4.51. The Kier molecular flexibility index (Phi) is 4.11. The molecule has 2 aromatic rings. The highest BCUT2D eigenvalue weighted by Gasteiger charge is 2.33. The lowest BCUT2D eigenvalue weighted by Gasteiger charge is -2.11. The van der Waals surface area contributed by atoms with E-state index >= 15 is 0 Å². The molecule has 1 aromatic heterocycles. The third kappa shape index (κ3) is 3.68. The average Bonchev–Trinajstić information content (AvgIpc) is 2.36. The molecule has 1 aromatic carbocycles. The number of anilines is 1. The fourth-order valence-electron chi connectivity index (χ4n) is 1.86. The molecule has 2 rings (SSSR count). The lowest BCUT2D eigenvalue weighted by Crippen LogP contribution is -2.12. The van der Waals surface area contributed by atoms with Crippen molar-refractivity contribution in [2.45, 2.75) is 20.0 Å². The minimum atomic E-state index is -4.59. The molecule has 0 saturated heterocycles. The summed E-state index contributed by atoms with van der Waals surface area (Å²) in [5.41, 5.74) is -0.164. The van der Waals surface area contributed by atoms with E-state index in [1.807, 2.05) is 0 Å². The standard InChI is InChI=1S/C14H13F4N3/c1-3-19-13-20-11(7-12(21-13)14(16,17)18)9-4-8(2)5-10(15)6-9/h4-7H,3H2,1-2H3,(H,19,20,21). The Morgan fingerprint density at radius 2 is 1.81 bits per heavy atom. The van der Waals surface area contributed by atoms with Crippen molar-refractivity contribution in [3.63, 3.8) is 0 Å². The van der Waals surface area contributed by atoms with E-state index in [0.717, 1.165) is 12.1 Å². The fourth-order valence-corrected chi connectivity index (χ4v) is 1.86. The van der Waals surface area contributed by atoms with Crippen molar-refractivity contribution in [1.29, 1.82) is 0 Å². The SMILES string of the molecule is CCNc1nc(-c2cc(C)cc(F)c2)cc(C(F)(F)F)n1. The third-order valence-corrected chi connectivity index (χ3v) is 2.69. The van der Waals surface area contributed by atoms with E-state index in [9.17, 15) is 17.6 Å². The summed E-state index contributed by atoms with van der Waals surface area (Å²) >= 11 is 0. The molecule has 0 aliphatic carbocycles. The van der Waals surface area contributed by atoms with E-state index in [1.165, 1.54) is 6.07 Å². The van der Waals surface area contributed by atoms with Gasteiger partial charge in [-0.3, -0.25) is 0 Å². The lowest BCUT2D eigenvalue weighted by atomic mass is 10.1. The normalized spacial score (nSPS) is 11.5. The molecule has 7 heteroatoms. The molecule has 0 saturated carbocycles. The van der Waals surface area contributed by atoms with Crippen LogP contribution < -0.4 is 5.32 Å². The Bertz CT molecular complexity index is 633. The van der Waals surface area contributed by atoms with Gasteiger partial charge in [0.15, 0.2) is 5.69 Å². The maximum absolute atomic E-state index is 13.4. The number of rotatable bonds is 3. The van der Waals surface area contributed by atoms with Crippen LogP contribution in [0.2, 0.25) is 0 Å². The van der Waals surface area contributed by atoms with Crippen molar-refractivity contribution in [1.82, 2.24) is 9.97 Å². The van der Waals surface area contributed by atoms with Crippen LogP contribution in [0.25, 0.3) is 11.3 Å². The first-order valence-electron chi connectivity index (χ1n) is 6.27. The van der Waals surface area contributed by atoms with E-state index in [-0.39, 0.29) is 17.2 Å². The molecule has 0 aliphatic rings. The van der Waals surface area contributed by atoms with Gasteiger partial charge in [0.1, 0.15) is 5.82 Å². The van der Waals surface area contributed by atoms with Crippen LogP contribution in [-0.2, 0) is 6.18 Å². The van der Waals surface area contributed by atoms with Gasteiger partial charge in [0.05, 0.1) is 5.69 Å². The molecule has 0 unspecified atom stereocenters. The first-order valence-corrected chi connectivity index (χ1v) is 6.27. The van der Waals surface area contributed by atoms with E-state index in [4.69, 9.17) is 0 Å². The molecular formula is C14H13F4N3. The van der Waals surface area contributed by atoms with E-state index < -0.39 is 17.7 Å². The first kappa shape index (κ1) is 15.2. The number of aryl methyl sites for hydroxylation is 1. The molecule has 1 heterocycles. The molecular weight excluding hydrogens is 286 g/mol. The highest BCUT2D eigenvalue weighted by atomic mass is 19.4. The van der Waals surface area contributed by atoms with Gasteiger partial charge >= 0.3 is 6.18 Å². The number of benzene rings is 1. The zero-order valence-electron chi connectivity index (χ0n) is 11.4. The van der Waals surface area contributed by atoms with Gasteiger partial charge < -0.3 is 5.32 Å². The Morgan fingerprint density at radius 1 is 1.10 bits per heavy atom. The number of hydrogen-bond donors (Lipinski definition) is 1. The Morgan fingerprint density at radius 3 is 2.38 bits per heavy atom. The fraction of sp³-hybridized carbons (Fsp3) is 0.286. The maximum atomic E-state index is 13.4. The van der Waals surface area contributed by atoms with Crippen molar-refractivity contribution in [3.05, 3.63) is 41.3 Å². The van der Waals surface area contributed by atoms with Crippen LogP contribution in [0.15, 0.2) is 24.3 Å². The second kappa shape index (κ2) is 5.67. The summed E-state index contributed by atoms with van der Waals surface area (Å²) in [5.74, 6) is -0.661. The quantitative estimate of drug-likeness (QED) is 0.869. The van der Waals surface area contributed by atoms with Crippen molar-refractivity contribution < 1.29 is 17.6 Å². The molecule has 0 amide bonds. The Balaban J connectivity index is 2.59. The summed E-state index contributed by atoms with van der Waals surface area (Å²) in [6.45, 7) is 3.75. The van der Waals surface area contributed by atoms with E-state index in [0.29, 0.717) is 12.1 Å². The number of aromatic nitrogens is 2. The third-order valence-electron chi connectivity index (χ3n) is 2.69. The van der Waals surface area contributed by atoms with E-state index in [1.54, 1.807) is 19.9 Å². The predicted octanol–water partition coefficient (Wildman–Crippen LogP) is 4.04. The minimum absolute atomic E-state index is 0.0240. The average molecular weight is 299 g/mol. The minimum Gasteiger partial charge on any atom is -0.354 e. The number of nitrogens with zero attached hydrogens (tertiary/aromatic N) is 2. The van der Waals surface area contributed by atoms with Gasteiger partial charge in [-0.15, -0.1) is 0 Å². The summed E-state index contributed by atoms with van der Waals surface area (Å²) in [6.07, 6.45) is -4.59. The molecule has 1 N–H and O–H groups in total. The summed E-state index contributed by atoms with van der Waals surface area (Å²) in [6, 6.07) is 4.82. The lowest BCUT2D eigenvalue weighted by molar-refractivity contribution is -0.141. The van der Waals surface area contributed by atoms with Crippen molar-refractivity contribution in [2.75, 3.05) is 11.9 Å². The van der Waals surface area contributed by atoms with Gasteiger partial charge in [-0.2, -0.15) is 13.2 Å². The summed E-state index contributed by atoms with van der Waals surface area (Å²) in [5, 5.41) is 2.64. The first-order chi connectivity index (χ1) is 9.79. The van der Waals surface area contributed by atoms with Crippen molar-refractivity contribution >= 4 is 5.95 Å². The second-order valence-corrected chi connectivity index (χ2v) is 4.51. The molecule has 0 aliphatic heterocycles. The number of alkyl halides is 3. The van der Waals surface area contributed by atoms with Gasteiger partial charge in [-0.05, 0) is 43.7 Å². The maximum Gasteiger partial charge on any atom is 0.433 e. The monoisotopic (exact) mass is 299 g/mol. The predicted molar refractivity (Wildman–Crippen MR) is 71.3 cm³/mol. The zero-order valence-corrected chi connectivity index (χ0v) is 11.4. The molecule has 0 fully saturated rings. The van der Waals surface area contributed by atoms with Crippen LogP contribution in [-0.4, -0.2) is 16.5 Å².